The van der Waals surface area contributed by atoms with Gasteiger partial charge >= 0.3 is 5.97 Å². The average Bonchev–Trinajstić information content (AvgIpc) is 2.67. The van der Waals surface area contributed by atoms with Crippen LogP contribution >= 0.6 is 0 Å². The molecule has 0 saturated heterocycles. The zero-order valence-corrected chi connectivity index (χ0v) is 10.9. The van der Waals surface area contributed by atoms with Crippen molar-refractivity contribution in [3.8, 4) is 0 Å². The molecule has 0 fully saturated rings. The van der Waals surface area contributed by atoms with Crippen LogP contribution in [-0.4, -0.2) is 41.0 Å². The lowest BCUT2D eigenvalue weighted by atomic mass is 10.2. The van der Waals surface area contributed by atoms with Crippen LogP contribution in [0.3, 0.4) is 0 Å². The molecule has 0 amide bonds. The van der Waals surface area contributed by atoms with Crippen LogP contribution in [0.5, 0.6) is 0 Å². The highest BCUT2D eigenvalue weighted by molar-refractivity contribution is 5.82. The highest BCUT2D eigenvalue weighted by Gasteiger charge is 2.36. The smallest absolute Gasteiger partial charge is 0.360 e. The Bertz CT molecular complexity index is 374. The number of carbonyl (C=O) groups is 1. The predicted octanol–water partition coefficient (Wildman–Crippen LogP) is 1.48. The second-order valence-corrected chi connectivity index (χ2v) is 4.41. The van der Waals surface area contributed by atoms with Gasteiger partial charge in [0.15, 0.2) is 6.54 Å². The first kappa shape index (κ1) is 14.6. The third-order valence-corrected chi connectivity index (χ3v) is 2.96. The molecule has 0 aromatic heterocycles. The van der Waals surface area contributed by atoms with Crippen LogP contribution in [-0.2, 0) is 4.79 Å². The van der Waals surface area contributed by atoms with E-state index in [0.717, 1.165) is 18.7 Å². The van der Waals surface area contributed by atoms with Crippen LogP contribution in [0.15, 0.2) is 29.5 Å². The molecule has 1 rings (SSSR count). The molecule has 0 aliphatic carbocycles. The topological polar surface area (TPSA) is 75.7 Å². The first-order valence-corrected chi connectivity index (χ1v) is 6.33. The minimum Gasteiger partial charge on any atom is -0.477 e. The lowest BCUT2D eigenvalue weighted by Gasteiger charge is -2.29. The van der Waals surface area contributed by atoms with Gasteiger partial charge in [-0.2, -0.15) is 0 Å². The third-order valence-electron chi connectivity index (χ3n) is 2.96. The van der Waals surface area contributed by atoms with Gasteiger partial charge in [-0.3, -0.25) is 0 Å². The zero-order valence-electron chi connectivity index (χ0n) is 10.9. The molecule has 18 heavy (non-hydrogen) atoms. The molecule has 0 aromatic carbocycles. The largest absolute Gasteiger partial charge is 0.477 e. The van der Waals surface area contributed by atoms with Gasteiger partial charge in [0.25, 0.3) is 0 Å². The molecule has 0 radical (unpaired) electrons. The normalized spacial score (nSPS) is 22.7. The van der Waals surface area contributed by atoms with Crippen molar-refractivity contribution < 1.29 is 14.4 Å². The van der Waals surface area contributed by atoms with Crippen LogP contribution in [0.1, 0.15) is 26.2 Å². The quantitative estimate of drug-likeness (QED) is 0.507. The van der Waals surface area contributed by atoms with E-state index in [1.54, 1.807) is 6.20 Å². The molecule has 1 unspecified atom stereocenters. The van der Waals surface area contributed by atoms with Gasteiger partial charge < -0.3 is 10.8 Å². The summed E-state index contributed by atoms with van der Waals surface area (Å²) in [6, 6.07) is 0. The molecular weight excluding hydrogens is 230 g/mol. The van der Waals surface area contributed by atoms with Crippen LogP contribution in [0.2, 0.25) is 0 Å². The number of hydrogen-bond acceptors (Lipinski definition) is 3. The van der Waals surface area contributed by atoms with E-state index in [0.29, 0.717) is 19.5 Å². The molecule has 5 heteroatoms. The maximum Gasteiger partial charge on any atom is 0.360 e. The molecule has 0 spiro atoms. The van der Waals surface area contributed by atoms with Gasteiger partial charge in [-0.1, -0.05) is 25.5 Å². The van der Waals surface area contributed by atoms with Gasteiger partial charge in [0, 0.05) is 6.54 Å². The summed E-state index contributed by atoms with van der Waals surface area (Å²) in [6.07, 6.45) is 10.5. The van der Waals surface area contributed by atoms with Crippen molar-refractivity contribution in [3.63, 3.8) is 0 Å². The molecule has 1 heterocycles. The van der Waals surface area contributed by atoms with Crippen molar-refractivity contribution >= 4 is 11.8 Å². The maximum absolute atomic E-state index is 11.0. The summed E-state index contributed by atoms with van der Waals surface area (Å²) in [7, 11) is 0. The highest BCUT2D eigenvalue weighted by atomic mass is 16.4. The van der Waals surface area contributed by atoms with Crippen LogP contribution < -0.4 is 5.73 Å². The van der Waals surface area contributed by atoms with Crippen molar-refractivity contribution in [3.05, 3.63) is 24.6 Å². The van der Waals surface area contributed by atoms with Crippen LogP contribution in [0.25, 0.3) is 0 Å². The summed E-state index contributed by atoms with van der Waals surface area (Å²) in [5.41, 5.74) is 5.59. The Morgan fingerprint density at radius 3 is 2.94 bits per heavy atom. The number of allylic oxidation sites excluding steroid dienone is 1. The Balaban J connectivity index is 2.73. The molecule has 3 N–H and O–H groups in total. The fraction of sp³-hybridized carbons (Fsp3) is 0.538. The summed E-state index contributed by atoms with van der Waals surface area (Å²) in [5.74, 6) is 0.0236. The molecule has 0 saturated carbocycles. The highest BCUT2D eigenvalue weighted by Crippen LogP contribution is 2.19. The molecule has 1 aliphatic heterocycles. The van der Waals surface area contributed by atoms with Crippen LogP contribution in [0, 0.1) is 0 Å². The molecule has 1 atom stereocenters. The zero-order chi connectivity index (χ0) is 13.4. The van der Waals surface area contributed by atoms with Gasteiger partial charge in [0.05, 0.1) is 12.6 Å². The lowest BCUT2D eigenvalue weighted by Crippen LogP contribution is -2.52. The molecule has 0 aromatic rings. The Morgan fingerprint density at radius 2 is 2.33 bits per heavy atom. The van der Waals surface area contributed by atoms with Crippen molar-refractivity contribution in [2.24, 2.45) is 10.7 Å². The summed E-state index contributed by atoms with van der Waals surface area (Å²) < 4.78 is 0.252. The first-order chi connectivity index (χ1) is 8.64. The Morgan fingerprint density at radius 1 is 1.56 bits per heavy atom. The molecular formula is C13H22N3O2+. The summed E-state index contributed by atoms with van der Waals surface area (Å²) in [5, 5.41) is 9.03. The number of aliphatic carboxylic acids is 1. The summed E-state index contributed by atoms with van der Waals surface area (Å²) in [6.45, 7) is 3.14. The van der Waals surface area contributed by atoms with E-state index < -0.39 is 5.97 Å². The van der Waals surface area contributed by atoms with E-state index in [1.807, 2.05) is 6.20 Å². The summed E-state index contributed by atoms with van der Waals surface area (Å²) in [4.78, 5) is 15.3. The van der Waals surface area contributed by atoms with E-state index in [9.17, 15) is 4.79 Å². The van der Waals surface area contributed by atoms with E-state index in [2.05, 4.69) is 24.1 Å². The fourth-order valence-electron chi connectivity index (χ4n) is 2.05. The minimum atomic E-state index is -0.833. The molecule has 100 valence electrons. The van der Waals surface area contributed by atoms with Crippen LogP contribution in [0.4, 0.5) is 0 Å². The number of aliphatic imine (C=N–C) groups is 1. The van der Waals surface area contributed by atoms with Gasteiger partial charge in [0.1, 0.15) is 12.7 Å². The minimum absolute atomic E-state index is 0.00809. The Hall–Kier alpha value is -1.46. The van der Waals surface area contributed by atoms with Gasteiger partial charge in [0.2, 0.25) is 5.84 Å². The second-order valence-electron chi connectivity index (χ2n) is 4.41. The number of carboxylic acid groups (broad SMARTS) is 1. The van der Waals surface area contributed by atoms with Gasteiger partial charge in [-0.15, -0.1) is 0 Å². The Labute approximate surface area is 108 Å². The second kappa shape index (κ2) is 7.08. The number of hydrogen-bond donors (Lipinski definition) is 2. The molecule has 0 bridgehead atoms. The summed E-state index contributed by atoms with van der Waals surface area (Å²) >= 11 is 0. The van der Waals surface area contributed by atoms with E-state index in [1.165, 1.54) is 0 Å². The monoisotopic (exact) mass is 252 g/mol. The predicted molar refractivity (Wildman–Crippen MR) is 71.9 cm³/mol. The van der Waals surface area contributed by atoms with Crippen molar-refractivity contribution in [1.82, 2.24) is 0 Å². The van der Waals surface area contributed by atoms with Gasteiger partial charge in [-0.25, -0.2) is 14.3 Å². The van der Waals surface area contributed by atoms with Crippen molar-refractivity contribution in [2.75, 3.05) is 19.6 Å². The SMILES string of the molecule is CCC/C=C/CC1=NC=C[N+]1(CCN)CC(=O)O. The van der Waals surface area contributed by atoms with Crippen molar-refractivity contribution in [1.29, 1.82) is 0 Å². The molecule has 5 nitrogen and oxygen atoms in total. The first-order valence-electron chi connectivity index (χ1n) is 6.33. The van der Waals surface area contributed by atoms with Gasteiger partial charge in [-0.05, 0) is 6.42 Å². The molecule has 1 aliphatic rings. The number of nitrogens with two attached hydrogens (primary N) is 1. The van der Waals surface area contributed by atoms with E-state index >= 15 is 0 Å². The van der Waals surface area contributed by atoms with Crippen molar-refractivity contribution in [2.45, 2.75) is 26.2 Å². The number of carboxylic acids is 1. The maximum atomic E-state index is 11.0. The number of nitrogens with zero attached hydrogens (tertiary/aromatic N) is 2. The number of rotatable bonds is 8. The standard InChI is InChI=1S/C13H21N3O2/c1-2-3-4-5-6-12-15-8-10-16(12,9-7-14)11-13(17)18/h4-5,8,10H,2-3,6-7,9,11,14H2,1H3/p+1/b5-4+. The fourth-order valence-corrected chi connectivity index (χ4v) is 2.05. The van der Waals surface area contributed by atoms with E-state index in [-0.39, 0.29) is 11.0 Å². The Kier molecular flexibility index (Phi) is 5.74. The third kappa shape index (κ3) is 3.78. The number of unbranched alkanes of at least 4 members (excludes halogenated alkanes) is 1. The lowest BCUT2D eigenvalue weighted by molar-refractivity contribution is -0.777. The number of quaternary nitrogens is 1. The average molecular weight is 252 g/mol. The van der Waals surface area contributed by atoms with E-state index in [4.69, 9.17) is 10.8 Å². The number of amidine groups is 1.